The highest BCUT2D eigenvalue weighted by molar-refractivity contribution is 7.15. The Morgan fingerprint density at radius 1 is 1.26 bits per heavy atom. The van der Waals surface area contributed by atoms with Gasteiger partial charge in [0, 0.05) is 17.8 Å². The molecule has 6 heteroatoms. The minimum absolute atomic E-state index is 0.168. The molecular formula is C13H16N4OS. The molecule has 2 aromatic rings. The van der Waals surface area contributed by atoms with Crippen molar-refractivity contribution in [2.45, 2.75) is 20.3 Å². The summed E-state index contributed by atoms with van der Waals surface area (Å²) in [5.41, 5.74) is 1.63. The molecule has 0 saturated heterocycles. The van der Waals surface area contributed by atoms with Gasteiger partial charge in [0.25, 0.3) is 5.91 Å². The Labute approximate surface area is 116 Å². The highest BCUT2D eigenvalue weighted by Gasteiger charge is 2.08. The number of rotatable bonds is 5. The fraction of sp³-hybridized carbons (Fsp3) is 0.308. The maximum Gasteiger partial charge on any atom is 0.257 e. The summed E-state index contributed by atoms with van der Waals surface area (Å²) >= 11 is 1.36. The minimum Gasteiger partial charge on any atom is -0.385 e. The van der Waals surface area contributed by atoms with E-state index in [0.29, 0.717) is 10.7 Å². The lowest BCUT2D eigenvalue weighted by molar-refractivity contribution is 0.102. The normalized spacial score (nSPS) is 10.2. The molecule has 1 aromatic heterocycles. The van der Waals surface area contributed by atoms with Gasteiger partial charge >= 0.3 is 0 Å². The van der Waals surface area contributed by atoms with Crippen molar-refractivity contribution in [3.8, 4) is 0 Å². The number of aromatic nitrogens is 2. The summed E-state index contributed by atoms with van der Waals surface area (Å²) in [6, 6.07) is 7.38. The van der Waals surface area contributed by atoms with Crippen LogP contribution in [0.4, 0.5) is 10.8 Å². The Bertz CT molecular complexity index is 550. The first-order chi connectivity index (χ1) is 9.19. The van der Waals surface area contributed by atoms with E-state index in [2.05, 4.69) is 27.8 Å². The van der Waals surface area contributed by atoms with Gasteiger partial charge in [-0.05, 0) is 37.6 Å². The van der Waals surface area contributed by atoms with Gasteiger partial charge in [-0.25, -0.2) is 0 Å². The molecule has 2 rings (SSSR count). The van der Waals surface area contributed by atoms with Crippen molar-refractivity contribution in [2.24, 2.45) is 0 Å². The van der Waals surface area contributed by atoms with Crippen LogP contribution >= 0.6 is 11.3 Å². The third kappa shape index (κ3) is 3.75. The summed E-state index contributed by atoms with van der Waals surface area (Å²) in [5, 5.41) is 15.1. The molecule has 0 radical (unpaired) electrons. The van der Waals surface area contributed by atoms with E-state index in [-0.39, 0.29) is 5.91 Å². The lowest BCUT2D eigenvalue weighted by Gasteiger charge is -2.05. The average molecular weight is 276 g/mol. The molecule has 0 atom stereocenters. The first kappa shape index (κ1) is 13.5. The molecule has 19 heavy (non-hydrogen) atoms. The predicted octanol–water partition coefficient (Wildman–Crippen LogP) is 2.92. The molecule has 0 unspecified atom stereocenters. The molecule has 0 spiro atoms. The van der Waals surface area contributed by atoms with Crippen LogP contribution in [0.15, 0.2) is 24.3 Å². The third-order valence-electron chi connectivity index (χ3n) is 2.47. The van der Waals surface area contributed by atoms with Crippen LogP contribution < -0.4 is 10.6 Å². The van der Waals surface area contributed by atoms with Crippen molar-refractivity contribution >= 4 is 28.1 Å². The highest BCUT2D eigenvalue weighted by Crippen LogP contribution is 2.16. The van der Waals surface area contributed by atoms with Gasteiger partial charge in [0.15, 0.2) is 0 Å². The number of amides is 1. The Kier molecular flexibility index (Phi) is 4.46. The SMILES string of the molecule is CCCNc1ccc(C(=O)Nc2nnc(C)s2)cc1. The molecule has 0 aliphatic rings. The van der Waals surface area contributed by atoms with E-state index >= 15 is 0 Å². The predicted molar refractivity (Wildman–Crippen MR) is 77.8 cm³/mol. The molecule has 0 aliphatic heterocycles. The van der Waals surface area contributed by atoms with E-state index in [9.17, 15) is 4.79 Å². The van der Waals surface area contributed by atoms with Crippen LogP contribution in [0.3, 0.4) is 0 Å². The van der Waals surface area contributed by atoms with E-state index in [1.807, 2.05) is 19.1 Å². The second-order valence-electron chi connectivity index (χ2n) is 4.08. The van der Waals surface area contributed by atoms with Crippen molar-refractivity contribution < 1.29 is 4.79 Å². The first-order valence-electron chi connectivity index (χ1n) is 6.14. The Morgan fingerprint density at radius 3 is 2.58 bits per heavy atom. The van der Waals surface area contributed by atoms with Crippen LogP contribution in [0, 0.1) is 6.92 Å². The number of aryl methyl sites for hydroxylation is 1. The van der Waals surface area contributed by atoms with Crippen molar-refractivity contribution in [3.05, 3.63) is 34.8 Å². The summed E-state index contributed by atoms with van der Waals surface area (Å²) in [6.07, 6.45) is 1.07. The molecule has 1 aromatic carbocycles. The number of carbonyl (C=O) groups excluding carboxylic acids is 1. The molecule has 0 saturated carbocycles. The molecule has 1 heterocycles. The monoisotopic (exact) mass is 276 g/mol. The number of nitrogens with one attached hydrogen (secondary N) is 2. The number of benzene rings is 1. The number of nitrogens with zero attached hydrogens (tertiary/aromatic N) is 2. The smallest absolute Gasteiger partial charge is 0.257 e. The lowest BCUT2D eigenvalue weighted by Crippen LogP contribution is -2.11. The Hall–Kier alpha value is -1.95. The quantitative estimate of drug-likeness (QED) is 0.881. The van der Waals surface area contributed by atoms with Gasteiger partial charge in [-0.2, -0.15) is 0 Å². The fourth-order valence-electron chi connectivity index (χ4n) is 1.53. The van der Waals surface area contributed by atoms with E-state index in [1.54, 1.807) is 12.1 Å². The number of hydrogen-bond donors (Lipinski definition) is 2. The van der Waals surface area contributed by atoms with Crippen LogP contribution in [0.1, 0.15) is 28.7 Å². The molecule has 5 nitrogen and oxygen atoms in total. The van der Waals surface area contributed by atoms with Gasteiger partial charge in [0.1, 0.15) is 5.01 Å². The number of anilines is 2. The summed E-state index contributed by atoms with van der Waals surface area (Å²) in [4.78, 5) is 12.0. The maximum atomic E-state index is 12.0. The number of hydrogen-bond acceptors (Lipinski definition) is 5. The second-order valence-corrected chi connectivity index (χ2v) is 5.27. The topological polar surface area (TPSA) is 66.9 Å². The Balaban J connectivity index is 1.99. The van der Waals surface area contributed by atoms with Crippen LogP contribution in [-0.2, 0) is 0 Å². The minimum atomic E-state index is -0.168. The standard InChI is InChI=1S/C13H16N4OS/c1-3-8-14-11-6-4-10(5-7-11)12(18)15-13-17-16-9(2)19-13/h4-7,14H,3,8H2,1-2H3,(H,15,17,18). The maximum absolute atomic E-state index is 12.0. The molecule has 0 fully saturated rings. The zero-order valence-electron chi connectivity index (χ0n) is 10.9. The number of carbonyl (C=O) groups is 1. The molecule has 2 N–H and O–H groups in total. The fourth-order valence-corrected chi connectivity index (χ4v) is 2.11. The van der Waals surface area contributed by atoms with Gasteiger partial charge < -0.3 is 5.32 Å². The summed E-state index contributed by atoms with van der Waals surface area (Å²) in [7, 11) is 0. The summed E-state index contributed by atoms with van der Waals surface area (Å²) in [6.45, 7) is 4.88. The van der Waals surface area contributed by atoms with Crippen molar-refractivity contribution in [1.29, 1.82) is 0 Å². The van der Waals surface area contributed by atoms with Crippen LogP contribution in [0.2, 0.25) is 0 Å². The van der Waals surface area contributed by atoms with Crippen LogP contribution in [0.5, 0.6) is 0 Å². The van der Waals surface area contributed by atoms with E-state index in [1.165, 1.54) is 11.3 Å². The van der Waals surface area contributed by atoms with Gasteiger partial charge in [-0.15, -0.1) is 10.2 Å². The highest BCUT2D eigenvalue weighted by atomic mass is 32.1. The average Bonchev–Trinajstić information content (AvgIpc) is 2.82. The zero-order valence-corrected chi connectivity index (χ0v) is 11.8. The summed E-state index contributed by atoms with van der Waals surface area (Å²) < 4.78 is 0. The Morgan fingerprint density at radius 2 is 2.00 bits per heavy atom. The lowest BCUT2D eigenvalue weighted by atomic mass is 10.2. The molecule has 1 amide bonds. The molecule has 0 aliphatic carbocycles. The van der Waals surface area contributed by atoms with Crippen molar-refractivity contribution in [2.75, 3.05) is 17.2 Å². The van der Waals surface area contributed by atoms with Crippen molar-refractivity contribution in [1.82, 2.24) is 10.2 Å². The van der Waals surface area contributed by atoms with Gasteiger partial charge in [-0.1, -0.05) is 18.3 Å². The second kappa shape index (κ2) is 6.29. The first-order valence-corrected chi connectivity index (χ1v) is 6.96. The summed E-state index contributed by atoms with van der Waals surface area (Å²) in [5.74, 6) is -0.168. The van der Waals surface area contributed by atoms with E-state index < -0.39 is 0 Å². The van der Waals surface area contributed by atoms with E-state index in [4.69, 9.17) is 0 Å². The largest absolute Gasteiger partial charge is 0.385 e. The third-order valence-corrected chi connectivity index (χ3v) is 3.23. The zero-order chi connectivity index (χ0) is 13.7. The molecular weight excluding hydrogens is 260 g/mol. The van der Waals surface area contributed by atoms with Crippen LogP contribution in [-0.4, -0.2) is 22.6 Å². The van der Waals surface area contributed by atoms with Gasteiger partial charge in [0.2, 0.25) is 5.13 Å². The molecule has 100 valence electrons. The van der Waals surface area contributed by atoms with E-state index in [0.717, 1.165) is 23.7 Å². The van der Waals surface area contributed by atoms with Gasteiger partial charge in [0.05, 0.1) is 0 Å². The van der Waals surface area contributed by atoms with Crippen molar-refractivity contribution in [3.63, 3.8) is 0 Å². The van der Waals surface area contributed by atoms with Gasteiger partial charge in [-0.3, -0.25) is 10.1 Å². The van der Waals surface area contributed by atoms with Crippen LogP contribution in [0.25, 0.3) is 0 Å². The molecule has 0 bridgehead atoms.